The van der Waals surface area contributed by atoms with Crippen LogP contribution in [0, 0.1) is 41.4 Å². The molecule has 5 aliphatic rings. The Morgan fingerprint density at radius 3 is 2.48 bits per heavy atom. The number of nitrogens with two attached hydrogens (primary N) is 1. The van der Waals surface area contributed by atoms with Gasteiger partial charge in [0.05, 0.1) is 6.33 Å². The lowest BCUT2D eigenvalue weighted by atomic mass is 9.50. The number of aromatic nitrogens is 4. The van der Waals surface area contributed by atoms with Crippen molar-refractivity contribution in [3.05, 3.63) is 12.2 Å². The molecule has 3 N–H and O–H groups in total. The van der Waals surface area contributed by atoms with Crippen LogP contribution in [0.1, 0.15) is 50.8 Å². The minimum absolute atomic E-state index is 0.308. The van der Waals surface area contributed by atoms with Crippen LogP contribution < -0.4 is 5.73 Å². The molecule has 2 aromatic rings. The molecule has 0 spiro atoms. The third kappa shape index (κ3) is 2.48. The third-order valence-corrected chi connectivity index (χ3v) is 7.40. The highest BCUT2D eigenvalue weighted by Crippen LogP contribution is 2.58. The second-order valence-electron chi connectivity index (χ2n) is 9.32. The van der Waals surface area contributed by atoms with Gasteiger partial charge in [0.2, 0.25) is 5.82 Å². The number of hydrogen-bond acceptors (Lipinski definition) is 5. The summed E-state index contributed by atoms with van der Waals surface area (Å²) in [5, 5.41) is 11.4. The van der Waals surface area contributed by atoms with Gasteiger partial charge in [0.1, 0.15) is 11.1 Å². The number of fused-ring (bicyclic) bond motifs is 1. The Morgan fingerprint density at radius 1 is 1.11 bits per heavy atom. The summed E-state index contributed by atoms with van der Waals surface area (Å²) in [6, 6.07) is 0. The predicted octanol–water partition coefficient (Wildman–Crippen LogP) is 2.36. The van der Waals surface area contributed by atoms with E-state index in [4.69, 9.17) is 5.73 Å². The molecule has 4 bridgehead atoms. The first kappa shape index (κ1) is 15.9. The van der Waals surface area contributed by atoms with Crippen molar-refractivity contribution in [2.75, 3.05) is 5.73 Å². The predicted molar refractivity (Wildman–Crippen MR) is 101 cm³/mol. The van der Waals surface area contributed by atoms with Crippen molar-refractivity contribution < 1.29 is 5.11 Å². The van der Waals surface area contributed by atoms with Crippen LogP contribution in [-0.4, -0.2) is 30.2 Å². The van der Waals surface area contributed by atoms with E-state index >= 15 is 0 Å². The molecule has 6 heteroatoms. The summed E-state index contributed by atoms with van der Waals surface area (Å²) in [6.07, 6.45) is 10.2. The van der Waals surface area contributed by atoms with E-state index in [1.54, 1.807) is 6.33 Å². The van der Waals surface area contributed by atoms with E-state index in [-0.39, 0.29) is 0 Å². The maximum Gasteiger partial charge on any atom is 0.209 e. The van der Waals surface area contributed by atoms with Gasteiger partial charge in [-0.25, -0.2) is 15.0 Å². The lowest BCUT2D eigenvalue weighted by molar-refractivity contribution is -0.136. The van der Waals surface area contributed by atoms with Gasteiger partial charge in [0.15, 0.2) is 11.5 Å². The Balaban J connectivity index is 1.36. The Hall–Kier alpha value is -2.13. The molecule has 0 unspecified atom stereocenters. The zero-order valence-corrected chi connectivity index (χ0v) is 15.4. The standard InChI is InChI=1S/C21H25N5O/c22-19-18-20(26(11-23-18)10-12-1-2-12)25-17(24-19)3-4-21(27)15-6-13-5-14(8-15)9-16(21)7-13/h11-16,27H,1-2,5-10H2,(H2,22,24,25). The Morgan fingerprint density at radius 2 is 1.81 bits per heavy atom. The fourth-order valence-corrected chi connectivity index (χ4v) is 6.00. The van der Waals surface area contributed by atoms with E-state index < -0.39 is 5.60 Å². The number of aliphatic hydroxyl groups is 1. The number of anilines is 1. The molecule has 2 heterocycles. The summed E-state index contributed by atoms with van der Waals surface area (Å²) >= 11 is 0. The Kier molecular flexibility index (Phi) is 3.20. The van der Waals surface area contributed by atoms with Crippen molar-refractivity contribution in [3.63, 3.8) is 0 Å². The number of imidazole rings is 1. The first-order valence-corrected chi connectivity index (χ1v) is 10.3. The molecule has 27 heavy (non-hydrogen) atoms. The number of rotatable bonds is 2. The first-order valence-electron chi connectivity index (χ1n) is 10.3. The lowest BCUT2D eigenvalue weighted by Crippen LogP contribution is -2.56. The van der Waals surface area contributed by atoms with Crippen LogP contribution in [0.4, 0.5) is 5.82 Å². The van der Waals surface area contributed by atoms with Gasteiger partial charge in [-0.05, 0) is 80.5 Å². The summed E-state index contributed by atoms with van der Waals surface area (Å²) in [5.74, 6) is 10.0. The third-order valence-electron chi connectivity index (χ3n) is 7.40. The average molecular weight is 363 g/mol. The molecular formula is C21H25N5O. The summed E-state index contributed by atoms with van der Waals surface area (Å²) in [6.45, 7) is 0.927. The van der Waals surface area contributed by atoms with Crippen LogP contribution in [0.3, 0.4) is 0 Å². The van der Waals surface area contributed by atoms with E-state index in [9.17, 15) is 5.11 Å². The average Bonchev–Trinajstić information content (AvgIpc) is 3.37. The van der Waals surface area contributed by atoms with Gasteiger partial charge in [-0.1, -0.05) is 5.92 Å². The first-order chi connectivity index (χ1) is 13.1. The van der Waals surface area contributed by atoms with Crippen molar-refractivity contribution in [3.8, 4) is 11.8 Å². The van der Waals surface area contributed by atoms with Crippen molar-refractivity contribution >= 4 is 17.0 Å². The van der Waals surface area contributed by atoms with Gasteiger partial charge in [-0.15, -0.1) is 0 Å². The van der Waals surface area contributed by atoms with Gasteiger partial charge in [-0.2, -0.15) is 0 Å². The van der Waals surface area contributed by atoms with Crippen LogP contribution in [0.2, 0.25) is 0 Å². The fourth-order valence-electron chi connectivity index (χ4n) is 6.00. The smallest absolute Gasteiger partial charge is 0.209 e. The summed E-state index contributed by atoms with van der Waals surface area (Å²) in [4.78, 5) is 13.4. The van der Waals surface area contributed by atoms with Crippen LogP contribution in [0.25, 0.3) is 11.2 Å². The second kappa shape index (κ2) is 5.45. The fraction of sp³-hybridized carbons (Fsp3) is 0.667. The minimum atomic E-state index is -0.880. The molecule has 5 fully saturated rings. The maximum absolute atomic E-state index is 11.4. The van der Waals surface area contributed by atoms with Gasteiger partial charge in [-0.3, -0.25) is 0 Å². The zero-order chi connectivity index (χ0) is 18.2. The molecule has 0 radical (unpaired) electrons. The summed E-state index contributed by atoms with van der Waals surface area (Å²) < 4.78 is 2.06. The van der Waals surface area contributed by atoms with Crippen LogP contribution in [0.5, 0.6) is 0 Å². The summed E-state index contributed by atoms with van der Waals surface area (Å²) in [5.41, 5.74) is 6.64. The quantitative estimate of drug-likeness (QED) is 0.800. The van der Waals surface area contributed by atoms with Gasteiger partial charge < -0.3 is 15.4 Å². The molecule has 5 aliphatic carbocycles. The summed E-state index contributed by atoms with van der Waals surface area (Å²) in [7, 11) is 0. The lowest BCUT2D eigenvalue weighted by Gasteiger charge is -2.56. The van der Waals surface area contributed by atoms with Crippen LogP contribution in [0.15, 0.2) is 6.33 Å². The molecule has 0 aliphatic heterocycles. The molecule has 0 saturated heterocycles. The minimum Gasteiger partial charge on any atom is -0.382 e. The van der Waals surface area contributed by atoms with E-state index in [0.717, 1.165) is 55.6 Å². The molecule has 5 saturated carbocycles. The monoisotopic (exact) mass is 363 g/mol. The highest BCUT2D eigenvalue weighted by Gasteiger charge is 2.56. The van der Waals surface area contributed by atoms with Gasteiger partial charge >= 0.3 is 0 Å². The zero-order valence-electron chi connectivity index (χ0n) is 15.4. The maximum atomic E-state index is 11.4. The van der Waals surface area contributed by atoms with E-state index in [1.807, 2.05) is 0 Å². The topological polar surface area (TPSA) is 89.8 Å². The van der Waals surface area contributed by atoms with Crippen LogP contribution in [-0.2, 0) is 6.54 Å². The molecule has 2 aromatic heterocycles. The van der Waals surface area contributed by atoms with E-state index in [2.05, 4.69) is 31.4 Å². The molecule has 0 atom stereocenters. The molecule has 0 amide bonds. The SMILES string of the molecule is Nc1nc(C#CC2(O)C3CC4CC(C3)CC2C4)nc2c1ncn2CC1CC1. The van der Waals surface area contributed by atoms with Crippen molar-refractivity contribution in [2.45, 2.75) is 57.1 Å². The van der Waals surface area contributed by atoms with Crippen molar-refractivity contribution in [1.29, 1.82) is 0 Å². The molecule has 140 valence electrons. The van der Waals surface area contributed by atoms with Crippen molar-refractivity contribution in [2.24, 2.45) is 29.6 Å². The van der Waals surface area contributed by atoms with E-state index in [1.165, 1.54) is 19.3 Å². The molecular weight excluding hydrogens is 338 g/mol. The normalized spacial score (nSPS) is 36.8. The van der Waals surface area contributed by atoms with E-state index in [0.29, 0.717) is 29.0 Å². The second-order valence-corrected chi connectivity index (χ2v) is 9.32. The number of hydrogen-bond donors (Lipinski definition) is 2. The largest absolute Gasteiger partial charge is 0.382 e. The molecule has 0 aromatic carbocycles. The van der Waals surface area contributed by atoms with Crippen molar-refractivity contribution in [1.82, 2.24) is 19.5 Å². The van der Waals surface area contributed by atoms with Gasteiger partial charge in [0.25, 0.3) is 0 Å². The number of nitrogens with zero attached hydrogens (tertiary/aromatic N) is 4. The Bertz CT molecular complexity index is 952. The van der Waals surface area contributed by atoms with Gasteiger partial charge in [0, 0.05) is 6.54 Å². The number of nitrogen functional groups attached to an aromatic ring is 1. The molecule has 7 rings (SSSR count). The highest BCUT2D eigenvalue weighted by molar-refractivity contribution is 5.81. The Labute approximate surface area is 158 Å². The molecule has 6 nitrogen and oxygen atoms in total. The highest BCUT2D eigenvalue weighted by atomic mass is 16.3. The van der Waals surface area contributed by atoms with Crippen LogP contribution >= 0.6 is 0 Å².